The third-order valence-corrected chi connectivity index (χ3v) is 4.46. The minimum absolute atomic E-state index is 0.238. The third-order valence-electron chi connectivity index (χ3n) is 4.46. The second-order valence-electron chi connectivity index (χ2n) is 7.53. The summed E-state index contributed by atoms with van der Waals surface area (Å²) in [5.41, 5.74) is 0.384. The van der Waals surface area contributed by atoms with E-state index in [1.807, 2.05) is 0 Å². The van der Waals surface area contributed by atoms with E-state index in [0.717, 1.165) is 45.7 Å². The van der Waals surface area contributed by atoms with Crippen LogP contribution >= 0.6 is 0 Å². The monoisotopic (exact) mass is 281 g/mol. The summed E-state index contributed by atoms with van der Waals surface area (Å²) in [6, 6.07) is 0. The highest BCUT2D eigenvalue weighted by Crippen LogP contribution is 2.23. The van der Waals surface area contributed by atoms with Crippen molar-refractivity contribution in [3.8, 4) is 0 Å². The summed E-state index contributed by atoms with van der Waals surface area (Å²) in [6.45, 7) is 13.8. The molecule has 116 valence electrons. The van der Waals surface area contributed by atoms with Gasteiger partial charge < -0.3 is 15.1 Å². The fraction of sp³-hybridized carbons (Fsp3) is 0.938. The number of piperazine rings is 1. The number of carbonyl (C=O) groups is 1. The molecule has 0 aromatic rings. The van der Waals surface area contributed by atoms with Gasteiger partial charge >= 0.3 is 0 Å². The van der Waals surface area contributed by atoms with Gasteiger partial charge in [-0.1, -0.05) is 20.8 Å². The number of hydrogen-bond acceptors (Lipinski definition) is 3. The molecular weight excluding hydrogens is 250 g/mol. The van der Waals surface area contributed by atoms with E-state index in [-0.39, 0.29) is 5.92 Å². The zero-order valence-corrected chi connectivity index (χ0v) is 13.5. The van der Waals surface area contributed by atoms with E-state index in [2.05, 4.69) is 35.9 Å². The van der Waals surface area contributed by atoms with Gasteiger partial charge in [-0.15, -0.1) is 0 Å². The Labute approximate surface area is 123 Å². The second kappa shape index (κ2) is 6.90. The normalized spacial score (nSPS) is 25.8. The second-order valence-corrected chi connectivity index (χ2v) is 7.53. The lowest BCUT2D eigenvalue weighted by Gasteiger charge is -2.37. The van der Waals surface area contributed by atoms with Crippen molar-refractivity contribution >= 4 is 5.91 Å². The summed E-state index contributed by atoms with van der Waals surface area (Å²) in [6.07, 6.45) is 3.46. The molecule has 2 heterocycles. The highest BCUT2D eigenvalue weighted by molar-refractivity contribution is 5.79. The van der Waals surface area contributed by atoms with Gasteiger partial charge in [0.15, 0.2) is 0 Å². The van der Waals surface area contributed by atoms with Crippen molar-refractivity contribution < 1.29 is 4.79 Å². The van der Waals surface area contributed by atoms with Crippen LogP contribution in [0.4, 0.5) is 0 Å². The number of rotatable bonds is 3. The molecule has 0 radical (unpaired) electrons. The van der Waals surface area contributed by atoms with Gasteiger partial charge in [-0.25, -0.2) is 0 Å². The first kappa shape index (κ1) is 15.8. The predicted molar refractivity (Wildman–Crippen MR) is 82.7 cm³/mol. The highest BCUT2D eigenvalue weighted by Gasteiger charge is 2.30. The molecule has 4 nitrogen and oxygen atoms in total. The average Bonchev–Trinajstić information content (AvgIpc) is 2.45. The Morgan fingerprint density at radius 1 is 1.20 bits per heavy atom. The quantitative estimate of drug-likeness (QED) is 0.853. The lowest BCUT2D eigenvalue weighted by molar-refractivity contribution is -0.138. The lowest BCUT2D eigenvalue weighted by atomic mass is 9.90. The molecule has 2 rings (SSSR count). The highest BCUT2D eigenvalue weighted by atomic mass is 16.2. The van der Waals surface area contributed by atoms with Gasteiger partial charge in [-0.2, -0.15) is 0 Å². The van der Waals surface area contributed by atoms with Crippen LogP contribution in [0.2, 0.25) is 0 Å². The fourth-order valence-corrected chi connectivity index (χ4v) is 3.10. The summed E-state index contributed by atoms with van der Waals surface area (Å²) in [4.78, 5) is 17.1. The maximum absolute atomic E-state index is 12.6. The van der Waals surface area contributed by atoms with Crippen LogP contribution in [-0.2, 0) is 4.79 Å². The van der Waals surface area contributed by atoms with E-state index in [0.29, 0.717) is 11.3 Å². The van der Waals surface area contributed by atoms with Gasteiger partial charge in [-0.05, 0) is 37.8 Å². The van der Waals surface area contributed by atoms with Crippen molar-refractivity contribution in [1.29, 1.82) is 0 Å². The zero-order valence-electron chi connectivity index (χ0n) is 13.5. The number of amides is 1. The molecule has 1 amide bonds. The molecule has 4 heteroatoms. The number of likely N-dealkylation sites (tertiary alicyclic amines) is 1. The van der Waals surface area contributed by atoms with Crippen LogP contribution < -0.4 is 5.32 Å². The molecule has 2 aliphatic rings. The van der Waals surface area contributed by atoms with E-state index in [1.165, 1.54) is 19.4 Å². The molecule has 0 aromatic heterocycles. The first-order chi connectivity index (χ1) is 9.46. The van der Waals surface area contributed by atoms with Gasteiger partial charge in [0.2, 0.25) is 5.91 Å². The number of nitrogens with one attached hydrogen (secondary N) is 1. The molecule has 1 unspecified atom stereocenters. The van der Waals surface area contributed by atoms with Crippen LogP contribution in [0.5, 0.6) is 0 Å². The molecule has 1 N–H and O–H groups in total. The average molecular weight is 281 g/mol. The van der Waals surface area contributed by atoms with Gasteiger partial charge in [0.25, 0.3) is 0 Å². The van der Waals surface area contributed by atoms with Crippen LogP contribution in [-0.4, -0.2) is 61.5 Å². The first-order valence-electron chi connectivity index (χ1n) is 8.17. The van der Waals surface area contributed by atoms with E-state index >= 15 is 0 Å². The standard InChI is InChI=1S/C16H31N3O/c1-16(2,3)6-10-18-9-4-5-14(13-18)15(20)19-11-7-17-8-12-19/h14,17H,4-13H2,1-3H3. The number of piperidine rings is 1. The topological polar surface area (TPSA) is 35.6 Å². The van der Waals surface area contributed by atoms with E-state index in [4.69, 9.17) is 0 Å². The zero-order chi connectivity index (χ0) is 14.6. The summed E-state index contributed by atoms with van der Waals surface area (Å²) in [5, 5.41) is 3.31. The van der Waals surface area contributed by atoms with Gasteiger partial charge in [-0.3, -0.25) is 4.79 Å². The fourth-order valence-electron chi connectivity index (χ4n) is 3.10. The molecule has 2 fully saturated rings. The molecule has 20 heavy (non-hydrogen) atoms. The summed E-state index contributed by atoms with van der Waals surface area (Å²) < 4.78 is 0. The van der Waals surface area contributed by atoms with E-state index in [1.54, 1.807) is 0 Å². The van der Waals surface area contributed by atoms with E-state index in [9.17, 15) is 4.79 Å². The van der Waals surface area contributed by atoms with Crippen molar-refractivity contribution in [2.24, 2.45) is 11.3 Å². The molecule has 2 saturated heterocycles. The molecule has 0 spiro atoms. The van der Waals surface area contributed by atoms with Crippen LogP contribution in [0.1, 0.15) is 40.0 Å². The minimum Gasteiger partial charge on any atom is -0.340 e. The van der Waals surface area contributed by atoms with Gasteiger partial charge in [0, 0.05) is 32.7 Å². The number of carbonyl (C=O) groups excluding carboxylic acids is 1. The molecule has 2 aliphatic heterocycles. The van der Waals surface area contributed by atoms with Crippen LogP contribution in [0, 0.1) is 11.3 Å². The van der Waals surface area contributed by atoms with E-state index < -0.39 is 0 Å². The molecule has 0 aliphatic carbocycles. The van der Waals surface area contributed by atoms with Crippen molar-refractivity contribution in [1.82, 2.24) is 15.1 Å². The predicted octanol–water partition coefficient (Wildman–Crippen LogP) is 1.57. The summed E-state index contributed by atoms with van der Waals surface area (Å²) >= 11 is 0. The Morgan fingerprint density at radius 3 is 2.55 bits per heavy atom. The Kier molecular flexibility index (Phi) is 5.44. The van der Waals surface area contributed by atoms with Crippen LogP contribution in [0.15, 0.2) is 0 Å². The molecule has 0 saturated carbocycles. The van der Waals surface area contributed by atoms with Crippen molar-refractivity contribution in [3.05, 3.63) is 0 Å². The third kappa shape index (κ3) is 4.74. The smallest absolute Gasteiger partial charge is 0.227 e. The molecule has 1 atom stereocenters. The molecular formula is C16H31N3O. The maximum atomic E-state index is 12.6. The maximum Gasteiger partial charge on any atom is 0.227 e. The number of hydrogen-bond donors (Lipinski definition) is 1. The summed E-state index contributed by atoms with van der Waals surface area (Å²) in [7, 11) is 0. The largest absolute Gasteiger partial charge is 0.340 e. The van der Waals surface area contributed by atoms with Crippen molar-refractivity contribution in [2.75, 3.05) is 45.8 Å². The van der Waals surface area contributed by atoms with Gasteiger partial charge in [0.1, 0.15) is 0 Å². The minimum atomic E-state index is 0.238. The van der Waals surface area contributed by atoms with Crippen molar-refractivity contribution in [3.63, 3.8) is 0 Å². The van der Waals surface area contributed by atoms with Crippen LogP contribution in [0.25, 0.3) is 0 Å². The SMILES string of the molecule is CC(C)(C)CCN1CCCC(C(=O)N2CCNCC2)C1. The summed E-state index contributed by atoms with van der Waals surface area (Å²) in [5.74, 6) is 0.633. The van der Waals surface area contributed by atoms with Crippen molar-refractivity contribution in [2.45, 2.75) is 40.0 Å². The Morgan fingerprint density at radius 2 is 1.90 bits per heavy atom. The number of nitrogens with zero attached hydrogens (tertiary/aromatic N) is 2. The van der Waals surface area contributed by atoms with Crippen LogP contribution in [0.3, 0.4) is 0 Å². The Balaban J connectivity index is 1.81. The molecule has 0 bridgehead atoms. The Hall–Kier alpha value is -0.610. The first-order valence-corrected chi connectivity index (χ1v) is 8.17. The molecule has 0 aromatic carbocycles. The lowest BCUT2D eigenvalue weighted by Crippen LogP contribution is -2.51. The Bertz CT molecular complexity index is 318. The van der Waals surface area contributed by atoms with Gasteiger partial charge in [0.05, 0.1) is 5.92 Å².